The lowest BCUT2D eigenvalue weighted by molar-refractivity contribution is -0.113. The quantitative estimate of drug-likeness (QED) is 0.369. The zero-order chi connectivity index (χ0) is 23.1. The third-order valence-electron chi connectivity index (χ3n) is 4.34. The molecule has 0 spiro atoms. The van der Waals surface area contributed by atoms with Crippen LogP contribution in [0.3, 0.4) is 0 Å². The molecule has 0 aliphatic heterocycles. The van der Waals surface area contributed by atoms with Gasteiger partial charge < -0.3 is 24.1 Å². The van der Waals surface area contributed by atoms with Gasteiger partial charge in [-0.2, -0.15) is 0 Å². The van der Waals surface area contributed by atoms with Crippen LogP contribution < -0.4 is 14.8 Å². The zero-order valence-corrected chi connectivity index (χ0v) is 19.2. The number of amides is 1. The second-order valence-electron chi connectivity index (χ2n) is 6.42. The first-order valence-corrected chi connectivity index (χ1v) is 10.7. The van der Waals surface area contributed by atoms with Gasteiger partial charge in [-0.3, -0.25) is 4.79 Å². The molecular weight excluding hydrogens is 456 g/mol. The van der Waals surface area contributed by atoms with Crippen molar-refractivity contribution < 1.29 is 23.8 Å². The van der Waals surface area contributed by atoms with E-state index >= 15 is 0 Å². The van der Waals surface area contributed by atoms with Crippen molar-refractivity contribution >= 4 is 40.9 Å². The first-order valence-electron chi connectivity index (χ1n) is 9.37. The van der Waals surface area contributed by atoms with Crippen molar-refractivity contribution in [3.8, 4) is 11.5 Å². The smallest absolute Gasteiger partial charge is 0.337 e. The topological polar surface area (TPSA) is 105 Å². The fourth-order valence-corrected chi connectivity index (χ4v) is 3.55. The summed E-state index contributed by atoms with van der Waals surface area (Å²) in [5.74, 6) is 1.04. The molecule has 3 aromatic rings. The number of hydrogen-bond donors (Lipinski definition) is 1. The van der Waals surface area contributed by atoms with Crippen LogP contribution in [0.25, 0.3) is 0 Å². The monoisotopic (exact) mass is 476 g/mol. The molecule has 1 heterocycles. The van der Waals surface area contributed by atoms with Gasteiger partial charge in [0.25, 0.3) is 0 Å². The van der Waals surface area contributed by atoms with Gasteiger partial charge in [0.2, 0.25) is 5.91 Å². The summed E-state index contributed by atoms with van der Waals surface area (Å²) >= 11 is 7.33. The summed E-state index contributed by atoms with van der Waals surface area (Å²) in [5, 5.41) is 11.8. The molecule has 0 atom stereocenters. The van der Waals surface area contributed by atoms with Crippen molar-refractivity contribution in [2.24, 2.45) is 7.05 Å². The second kappa shape index (κ2) is 10.9. The summed E-state index contributed by atoms with van der Waals surface area (Å²) in [6.45, 7) is 0.187. The minimum atomic E-state index is -0.520. The molecule has 0 fully saturated rings. The second-order valence-corrected chi connectivity index (χ2v) is 7.77. The van der Waals surface area contributed by atoms with Crippen LogP contribution in [0.15, 0.2) is 47.6 Å². The van der Waals surface area contributed by atoms with Crippen LogP contribution in [0.4, 0.5) is 5.69 Å². The molecule has 32 heavy (non-hydrogen) atoms. The van der Waals surface area contributed by atoms with Crippen molar-refractivity contribution in [1.82, 2.24) is 14.8 Å². The highest BCUT2D eigenvalue weighted by Gasteiger charge is 2.15. The maximum absolute atomic E-state index is 12.4. The van der Waals surface area contributed by atoms with Gasteiger partial charge in [0.1, 0.15) is 6.61 Å². The number of esters is 1. The average molecular weight is 477 g/mol. The lowest BCUT2D eigenvalue weighted by Gasteiger charge is -2.10. The molecule has 0 unspecified atom stereocenters. The van der Waals surface area contributed by atoms with Gasteiger partial charge in [0.05, 0.1) is 36.2 Å². The molecule has 1 N–H and O–H groups in total. The van der Waals surface area contributed by atoms with Crippen LogP contribution >= 0.6 is 23.4 Å². The number of carbonyl (C=O) groups is 2. The molecule has 0 radical (unpaired) electrons. The third kappa shape index (κ3) is 5.71. The number of rotatable bonds is 9. The van der Waals surface area contributed by atoms with Gasteiger partial charge in [0, 0.05) is 7.05 Å². The van der Waals surface area contributed by atoms with Crippen molar-refractivity contribution in [2.45, 2.75) is 11.8 Å². The lowest BCUT2D eigenvalue weighted by Crippen LogP contribution is -2.15. The summed E-state index contributed by atoms with van der Waals surface area (Å²) < 4.78 is 17.5. The zero-order valence-electron chi connectivity index (χ0n) is 17.6. The Labute approximate surface area is 194 Å². The average Bonchev–Trinajstić information content (AvgIpc) is 3.16. The Kier molecular flexibility index (Phi) is 7.96. The molecule has 2 aromatic carbocycles. The summed E-state index contributed by atoms with van der Waals surface area (Å²) in [6.07, 6.45) is 0. The number of carbonyl (C=O) groups excluding carboxylic acids is 2. The Morgan fingerprint density at radius 2 is 1.88 bits per heavy atom. The van der Waals surface area contributed by atoms with E-state index in [1.165, 1.54) is 37.1 Å². The van der Waals surface area contributed by atoms with Crippen LogP contribution in [0.2, 0.25) is 5.02 Å². The number of para-hydroxylation sites is 2. The molecule has 3 rings (SSSR count). The SMILES string of the molecule is COC(=O)c1ccc(Cl)c(NC(=O)CSc2nnc(COc3ccccc3OC)n2C)c1. The highest BCUT2D eigenvalue weighted by molar-refractivity contribution is 7.99. The van der Waals surface area contributed by atoms with E-state index in [0.29, 0.717) is 33.2 Å². The predicted octanol–water partition coefficient (Wildman–Crippen LogP) is 3.57. The van der Waals surface area contributed by atoms with E-state index in [1.807, 2.05) is 12.1 Å². The van der Waals surface area contributed by atoms with Gasteiger partial charge in [-0.05, 0) is 30.3 Å². The van der Waals surface area contributed by atoms with Crippen molar-refractivity contribution in [3.63, 3.8) is 0 Å². The fraction of sp³-hybridized carbons (Fsp3) is 0.238. The van der Waals surface area contributed by atoms with Gasteiger partial charge in [0.15, 0.2) is 22.5 Å². The number of nitrogens with zero attached hydrogens (tertiary/aromatic N) is 3. The van der Waals surface area contributed by atoms with Gasteiger partial charge in [-0.1, -0.05) is 35.5 Å². The fourth-order valence-electron chi connectivity index (χ4n) is 2.66. The van der Waals surface area contributed by atoms with E-state index < -0.39 is 5.97 Å². The van der Waals surface area contributed by atoms with Crippen LogP contribution in [0, 0.1) is 0 Å². The summed E-state index contributed by atoms with van der Waals surface area (Å²) in [4.78, 5) is 24.1. The van der Waals surface area contributed by atoms with E-state index in [0.717, 1.165) is 0 Å². The number of halogens is 1. The first kappa shape index (κ1) is 23.4. The Morgan fingerprint density at radius 3 is 2.59 bits per heavy atom. The highest BCUT2D eigenvalue weighted by atomic mass is 35.5. The maximum Gasteiger partial charge on any atom is 0.337 e. The Bertz CT molecular complexity index is 1120. The molecule has 1 aromatic heterocycles. The molecule has 0 saturated carbocycles. The number of hydrogen-bond acceptors (Lipinski definition) is 8. The van der Waals surface area contributed by atoms with E-state index in [-0.39, 0.29) is 23.8 Å². The molecular formula is C21H21ClN4O5S. The van der Waals surface area contributed by atoms with Gasteiger partial charge >= 0.3 is 5.97 Å². The number of thioether (sulfide) groups is 1. The van der Waals surface area contributed by atoms with Crippen LogP contribution in [0.1, 0.15) is 16.2 Å². The molecule has 9 nitrogen and oxygen atoms in total. The molecule has 11 heteroatoms. The molecule has 0 aliphatic rings. The van der Waals surface area contributed by atoms with Gasteiger partial charge in [-0.15, -0.1) is 10.2 Å². The van der Waals surface area contributed by atoms with E-state index in [9.17, 15) is 9.59 Å². The maximum atomic E-state index is 12.4. The number of methoxy groups -OCH3 is 2. The number of aromatic nitrogens is 3. The Balaban J connectivity index is 1.58. The third-order valence-corrected chi connectivity index (χ3v) is 5.69. The number of nitrogens with one attached hydrogen (secondary N) is 1. The normalized spacial score (nSPS) is 10.5. The predicted molar refractivity (Wildman–Crippen MR) is 120 cm³/mol. The van der Waals surface area contributed by atoms with Crippen molar-refractivity contribution in [1.29, 1.82) is 0 Å². The lowest BCUT2D eigenvalue weighted by atomic mass is 10.2. The molecule has 168 valence electrons. The molecule has 0 saturated heterocycles. The van der Waals surface area contributed by atoms with E-state index in [1.54, 1.807) is 30.9 Å². The van der Waals surface area contributed by atoms with Crippen LogP contribution in [-0.2, 0) is 23.2 Å². The Hall–Kier alpha value is -3.24. The Morgan fingerprint density at radius 1 is 1.12 bits per heavy atom. The minimum absolute atomic E-state index is 0.0676. The van der Waals surface area contributed by atoms with Gasteiger partial charge in [-0.25, -0.2) is 4.79 Å². The van der Waals surface area contributed by atoms with Crippen LogP contribution in [-0.4, -0.2) is 46.6 Å². The minimum Gasteiger partial charge on any atom is -0.493 e. The largest absolute Gasteiger partial charge is 0.493 e. The van der Waals surface area contributed by atoms with E-state index in [4.69, 9.17) is 21.1 Å². The molecule has 0 bridgehead atoms. The molecule has 0 aliphatic carbocycles. The number of benzene rings is 2. The van der Waals surface area contributed by atoms with Crippen LogP contribution in [0.5, 0.6) is 11.5 Å². The van der Waals surface area contributed by atoms with E-state index in [2.05, 4.69) is 20.3 Å². The van der Waals surface area contributed by atoms with Crippen molar-refractivity contribution in [2.75, 3.05) is 25.3 Å². The standard InChI is InChI=1S/C21H21ClN4O5S/c1-26-18(11-31-17-7-5-4-6-16(17)29-2)24-25-21(26)32-12-19(27)23-15-10-13(20(28)30-3)8-9-14(15)22/h4-10H,11-12H2,1-3H3,(H,23,27). The number of anilines is 1. The summed E-state index contributed by atoms with van der Waals surface area (Å²) in [5.41, 5.74) is 0.608. The number of ether oxygens (including phenoxy) is 3. The molecule has 1 amide bonds. The first-order chi connectivity index (χ1) is 15.4. The summed E-state index contributed by atoms with van der Waals surface area (Å²) in [7, 11) is 4.64. The summed E-state index contributed by atoms with van der Waals surface area (Å²) in [6, 6.07) is 11.8. The van der Waals surface area contributed by atoms with Crippen molar-refractivity contribution in [3.05, 3.63) is 58.9 Å². The highest BCUT2D eigenvalue weighted by Crippen LogP contribution is 2.27.